The van der Waals surface area contributed by atoms with E-state index in [4.69, 9.17) is 4.74 Å². The molecule has 1 aromatic heterocycles. The van der Waals surface area contributed by atoms with Crippen LogP contribution in [0.4, 0.5) is 5.82 Å². The van der Waals surface area contributed by atoms with Crippen LogP contribution in [0.3, 0.4) is 0 Å². The monoisotopic (exact) mass is 435 g/mol. The average molecular weight is 436 g/mol. The molecule has 0 saturated carbocycles. The van der Waals surface area contributed by atoms with E-state index in [1.807, 2.05) is 45.0 Å². The van der Waals surface area contributed by atoms with Crippen molar-refractivity contribution >= 4 is 23.5 Å². The van der Waals surface area contributed by atoms with Gasteiger partial charge in [0.1, 0.15) is 11.6 Å². The summed E-state index contributed by atoms with van der Waals surface area (Å²) in [7, 11) is 0. The molecule has 2 N–H and O–H groups in total. The van der Waals surface area contributed by atoms with Gasteiger partial charge in [-0.3, -0.25) is 9.59 Å². The Morgan fingerprint density at radius 1 is 1.13 bits per heavy atom. The largest absolute Gasteiger partial charge is 0.491 e. The van der Waals surface area contributed by atoms with Gasteiger partial charge < -0.3 is 15.0 Å². The third kappa shape index (κ3) is 4.82. The van der Waals surface area contributed by atoms with Crippen molar-refractivity contribution in [2.45, 2.75) is 50.1 Å². The van der Waals surface area contributed by atoms with Gasteiger partial charge in [0, 0.05) is 23.7 Å². The number of fused-ring (bicyclic) bond motifs is 1. The SMILES string of the molecule is Cc1ccc(CSc2nc3c(c(=O)[nH]2)[C@@H](c2ccccc2OC(C)C)CC(=O)N3)cc1. The maximum Gasteiger partial charge on any atom is 0.257 e. The quantitative estimate of drug-likeness (QED) is 0.436. The Balaban J connectivity index is 1.66. The predicted molar refractivity (Wildman–Crippen MR) is 123 cm³/mol. The van der Waals surface area contributed by atoms with Gasteiger partial charge in [0.25, 0.3) is 5.56 Å². The Kier molecular flexibility index (Phi) is 6.13. The molecule has 1 atom stereocenters. The molecule has 0 fully saturated rings. The summed E-state index contributed by atoms with van der Waals surface area (Å²) in [4.78, 5) is 33.0. The number of H-pyrrole nitrogens is 1. The normalized spacial score (nSPS) is 15.5. The molecule has 0 radical (unpaired) electrons. The molecule has 0 aliphatic carbocycles. The number of amides is 1. The minimum Gasteiger partial charge on any atom is -0.491 e. The molecule has 2 heterocycles. The zero-order chi connectivity index (χ0) is 22.0. The number of hydrogen-bond donors (Lipinski definition) is 2. The lowest BCUT2D eigenvalue weighted by molar-refractivity contribution is -0.116. The Morgan fingerprint density at radius 3 is 2.61 bits per heavy atom. The highest BCUT2D eigenvalue weighted by Gasteiger charge is 2.32. The number of thioether (sulfide) groups is 1. The van der Waals surface area contributed by atoms with Gasteiger partial charge in [-0.2, -0.15) is 0 Å². The van der Waals surface area contributed by atoms with E-state index in [-0.39, 0.29) is 24.0 Å². The standard InChI is InChI=1S/C24H25N3O3S/c1-14(2)30-19-7-5-4-6-17(19)18-12-20(28)25-22-21(18)23(29)27-24(26-22)31-13-16-10-8-15(3)9-11-16/h4-11,14,18H,12-13H2,1-3H3,(H2,25,26,27,28,29)/t18-/m1/s1. The van der Waals surface area contributed by atoms with Crippen LogP contribution in [0.15, 0.2) is 58.5 Å². The number of anilines is 1. The molecule has 3 aromatic rings. The number of nitrogens with one attached hydrogen (secondary N) is 2. The first-order chi connectivity index (χ1) is 14.9. The van der Waals surface area contributed by atoms with Crippen LogP contribution in [-0.2, 0) is 10.5 Å². The van der Waals surface area contributed by atoms with Gasteiger partial charge in [0.15, 0.2) is 5.16 Å². The molecule has 7 heteroatoms. The van der Waals surface area contributed by atoms with Gasteiger partial charge in [-0.1, -0.05) is 59.8 Å². The highest BCUT2D eigenvalue weighted by molar-refractivity contribution is 7.98. The Hall–Kier alpha value is -3.06. The number of ether oxygens (including phenoxy) is 1. The van der Waals surface area contributed by atoms with Gasteiger partial charge in [-0.15, -0.1) is 0 Å². The van der Waals surface area contributed by atoms with Crippen molar-refractivity contribution in [1.29, 1.82) is 0 Å². The molecular formula is C24H25N3O3S. The first kappa shape index (κ1) is 21.2. The van der Waals surface area contributed by atoms with Crippen LogP contribution in [0.25, 0.3) is 0 Å². The Bertz CT molecular complexity index is 1160. The zero-order valence-electron chi connectivity index (χ0n) is 17.8. The molecule has 0 saturated heterocycles. The first-order valence-corrected chi connectivity index (χ1v) is 11.3. The van der Waals surface area contributed by atoms with Crippen molar-refractivity contribution < 1.29 is 9.53 Å². The van der Waals surface area contributed by atoms with Crippen LogP contribution in [0.2, 0.25) is 0 Å². The highest BCUT2D eigenvalue weighted by Crippen LogP contribution is 2.39. The molecule has 1 aliphatic heterocycles. The molecule has 160 valence electrons. The molecule has 1 amide bonds. The third-order valence-electron chi connectivity index (χ3n) is 5.08. The third-order valence-corrected chi connectivity index (χ3v) is 6.03. The summed E-state index contributed by atoms with van der Waals surface area (Å²) in [5.74, 6) is 1.11. The van der Waals surface area contributed by atoms with Gasteiger partial charge in [-0.05, 0) is 32.4 Å². The minimum atomic E-state index is -0.411. The van der Waals surface area contributed by atoms with Crippen molar-refractivity contribution in [2.24, 2.45) is 0 Å². The van der Waals surface area contributed by atoms with E-state index >= 15 is 0 Å². The van der Waals surface area contributed by atoms with E-state index in [1.165, 1.54) is 17.3 Å². The number of aromatic nitrogens is 2. The van der Waals surface area contributed by atoms with Crippen LogP contribution in [0, 0.1) is 6.92 Å². The van der Waals surface area contributed by atoms with E-state index in [0.29, 0.717) is 28.0 Å². The van der Waals surface area contributed by atoms with Crippen molar-refractivity contribution in [1.82, 2.24) is 9.97 Å². The molecule has 2 aromatic carbocycles. The van der Waals surface area contributed by atoms with E-state index in [1.54, 1.807) is 0 Å². The van der Waals surface area contributed by atoms with Crippen molar-refractivity contribution in [3.63, 3.8) is 0 Å². The lowest BCUT2D eigenvalue weighted by Crippen LogP contribution is -2.31. The number of carbonyl (C=O) groups excluding carboxylic acids is 1. The van der Waals surface area contributed by atoms with Crippen LogP contribution in [-0.4, -0.2) is 22.0 Å². The minimum absolute atomic E-state index is 0.0185. The fourth-order valence-corrected chi connectivity index (χ4v) is 4.47. The molecule has 31 heavy (non-hydrogen) atoms. The molecule has 0 bridgehead atoms. The Morgan fingerprint density at radius 2 is 1.87 bits per heavy atom. The first-order valence-electron chi connectivity index (χ1n) is 10.3. The summed E-state index contributed by atoms with van der Waals surface area (Å²) in [5.41, 5.74) is 3.39. The fraction of sp³-hybridized carbons (Fsp3) is 0.292. The molecule has 6 nitrogen and oxygen atoms in total. The second kappa shape index (κ2) is 8.98. The number of carbonyl (C=O) groups is 1. The van der Waals surface area contributed by atoms with Crippen molar-refractivity contribution in [2.75, 3.05) is 5.32 Å². The fourth-order valence-electron chi connectivity index (χ4n) is 3.65. The zero-order valence-corrected chi connectivity index (χ0v) is 18.6. The number of rotatable bonds is 6. The van der Waals surface area contributed by atoms with E-state index < -0.39 is 5.92 Å². The number of aromatic amines is 1. The number of hydrogen-bond acceptors (Lipinski definition) is 5. The van der Waals surface area contributed by atoms with Gasteiger partial charge in [0.2, 0.25) is 5.91 Å². The van der Waals surface area contributed by atoms with Crippen LogP contribution < -0.4 is 15.6 Å². The summed E-state index contributed by atoms with van der Waals surface area (Å²) in [6.45, 7) is 5.94. The van der Waals surface area contributed by atoms with E-state index in [2.05, 4.69) is 39.6 Å². The van der Waals surface area contributed by atoms with Crippen LogP contribution in [0.1, 0.15) is 48.4 Å². The van der Waals surface area contributed by atoms with Crippen molar-refractivity contribution in [3.8, 4) is 5.75 Å². The van der Waals surface area contributed by atoms with E-state index in [9.17, 15) is 9.59 Å². The summed E-state index contributed by atoms with van der Waals surface area (Å²) < 4.78 is 5.94. The summed E-state index contributed by atoms with van der Waals surface area (Å²) in [6.07, 6.45) is 0.154. The lowest BCUT2D eigenvalue weighted by atomic mass is 9.86. The number of benzene rings is 2. The molecule has 4 rings (SSSR count). The molecule has 1 aliphatic rings. The maximum atomic E-state index is 13.1. The highest BCUT2D eigenvalue weighted by atomic mass is 32.2. The van der Waals surface area contributed by atoms with Crippen molar-refractivity contribution in [3.05, 3.63) is 81.1 Å². The second-order valence-electron chi connectivity index (χ2n) is 7.92. The smallest absolute Gasteiger partial charge is 0.257 e. The number of para-hydroxylation sites is 1. The molecular weight excluding hydrogens is 410 g/mol. The number of aryl methyl sites for hydroxylation is 1. The summed E-state index contributed by atoms with van der Waals surface area (Å²) in [5, 5.41) is 3.27. The second-order valence-corrected chi connectivity index (χ2v) is 8.88. The Labute approximate surface area is 185 Å². The van der Waals surface area contributed by atoms with Gasteiger partial charge in [-0.25, -0.2) is 4.98 Å². The topological polar surface area (TPSA) is 84.1 Å². The van der Waals surface area contributed by atoms with E-state index in [0.717, 1.165) is 11.1 Å². The van der Waals surface area contributed by atoms with Crippen LogP contribution in [0.5, 0.6) is 5.75 Å². The van der Waals surface area contributed by atoms with Crippen LogP contribution >= 0.6 is 11.8 Å². The lowest BCUT2D eigenvalue weighted by Gasteiger charge is -2.26. The summed E-state index contributed by atoms with van der Waals surface area (Å²) >= 11 is 1.43. The molecule has 0 unspecified atom stereocenters. The molecule has 0 spiro atoms. The van der Waals surface area contributed by atoms with Gasteiger partial charge >= 0.3 is 0 Å². The predicted octanol–water partition coefficient (Wildman–Crippen LogP) is 4.63. The summed E-state index contributed by atoms with van der Waals surface area (Å²) in [6, 6.07) is 15.8. The maximum absolute atomic E-state index is 13.1. The van der Waals surface area contributed by atoms with Gasteiger partial charge in [0.05, 0.1) is 11.7 Å². The average Bonchev–Trinajstić information content (AvgIpc) is 2.72. The number of nitrogens with zero attached hydrogens (tertiary/aromatic N) is 1.